The van der Waals surface area contributed by atoms with Crippen LogP contribution >= 0.6 is 24.0 Å². The smallest absolute Gasteiger partial charge is 0.327 e. The van der Waals surface area contributed by atoms with Crippen molar-refractivity contribution in [3.8, 4) is 16.3 Å². The minimum atomic E-state index is -1.13. The Bertz CT molecular complexity index is 670. The summed E-state index contributed by atoms with van der Waals surface area (Å²) in [6.45, 7) is 0. The fraction of sp³-hybridized carbons (Fsp3) is 0.214. The van der Waals surface area contributed by atoms with Gasteiger partial charge in [-0.25, -0.2) is 9.78 Å². The number of nitrogens with zero attached hydrogens (tertiary/aromatic N) is 1. The zero-order valence-corrected chi connectivity index (χ0v) is 13.4. The Labute approximate surface area is 136 Å². The minimum Gasteiger partial charge on any atom is -0.497 e. The van der Waals surface area contributed by atoms with Crippen LogP contribution in [0.1, 0.15) is 10.5 Å². The first-order chi connectivity index (χ1) is 10.5. The molecule has 2 aromatic rings. The van der Waals surface area contributed by atoms with Gasteiger partial charge in [-0.2, -0.15) is 12.6 Å². The molecule has 0 aliphatic carbocycles. The van der Waals surface area contributed by atoms with Gasteiger partial charge in [-0.15, -0.1) is 11.3 Å². The van der Waals surface area contributed by atoms with Gasteiger partial charge in [0.05, 0.1) is 7.11 Å². The van der Waals surface area contributed by atoms with Crippen molar-refractivity contribution in [3.05, 3.63) is 35.3 Å². The second-order valence-electron chi connectivity index (χ2n) is 4.31. The van der Waals surface area contributed by atoms with Crippen molar-refractivity contribution in [3.63, 3.8) is 0 Å². The van der Waals surface area contributed by atoms with E-state index in [1.807, 2.05) is 12.1 Å². The molecule has 0 spiro atoms. The summed E-state index contributed by atoms with van der Waals surface area (Å²) in [6.07, 6.45) is 0. The number of ether oxygens (including phenoxy) is 1. The Balaban J connectivity index is 2.13. The number of benzene rings is 1. The molecule has 1 amide bonds. The summed E-state index contributed by atoms with van der Waals surface area (Å²) in [5.74, 6) is -0.918. The second kappa shape index (κ2) is 7.28. The van der Waals surface area contributed by atoms with Crippen LogP contribution in [0.3, 0.4) is 0 Å². The predicted molar refractivity (Wildman–Crippen MR) is 86.8 cm³/mol. The van der Waals surface area contributed by atoms with Crippen LogP contribution in [0, 0.1) is 0 Å². The number of amides is 1. The van der Waals surface area contributed by atoms with Gasteiger partial charge in [0.1, 0.15) is 22.5 Å². The number of carbonyl (C=O) groups is 2. The third kappa shape index (κ3) is 3.77. The minimum absolute atomic E-state index is 0.0105. The number of thiazole rings is 1. The van der Waals surface area contributed by atoms with Crippen LogP contribution in [0.25, 0.3) is 10.6 Å². The maximum absolute atomic E-state index is 12.0. The second-order valence-corrected chi connectivity index (χ2v) is 5.54. The Morgan fingerprint density at radius 2 is 2.09 bits per heavy atom. The van der Waals surface area contributed by atoms with Crippen molar-refractivity contribution in [2.24, 2.45) is 0 Å². The van der Waals surface area contributed by atoms with Gasteiger partial charge in [-0.1, -0.05) is 0 Å². The van der Waals surface area contributed by atoms with E-state index in [0.29, 0.717) is 5.01 Å². The normalized spacial score (nSPS) is 11.7. The fourth-order valence-electron chi connectivity index (χ4n) is 1.66. The van der Waals surface area contributed by atoms with E-state index in [0.717, 1.165) is 11.3 Å². The number of carbonyl (C=O) groups excluding carboxylic acids is 1. The molecule has 2 N–H and O–H groups in total. The van der Waals surface area contributed by atoms with Crippen molar-refractivity contribution in [2.45, 2.75) is 6.04 Å². The lowest BCUT2D eigenvalue weighted by molar-refractivity contribution is -0.138. The molecule has 6 nitrogen and oxygen atoms in total. The molecule has 1 heterocycles. The summed E-state index contributed by atoms with van der Waals surface area (Å²) < 4.78 is 5.08. The monoisotopic (exact) mass is 338 g/mol. The highest BCUT2D eigenvalue weighted by Gasteiger charge is 2.20. The molecule has 0 aliphatic heterocycles. The number of hydrogen-bond donors (Lipinski definition) is 3. The molecule has 0 saturated heterocycles. The summed E-state index contributed by atoms with van der Waals surface area (Å²) in [7, 11) is 1.58. The predicted octanol–water partition coefficient (Wildman–Crippen LogP) is 1.93. The third-order valence-corrected chi connectivity index (χ3v) is 4.12. The third-order valence-electron chi connectivity index (χ3n) is 2.86. The summed E-state index contributed by atoms with van der Waals surface area (Å²) in [4.78, 5) is 27.1. The van der Waals surface area contributed by atoms with E-state index in [9.17, 15) is 9.59 Å². The van der Waals surface area contributed by atoms with Gasteiger partial charge in [-0.3, -0.25) is 4.79 Å². The number of thiol groups is 1. The maximum Gasteiger partial charge on any atom is 0.327 e. The van der Waals surface area contributed by atoms with Crippen LogP contribution in [-0.4, -0.2) is 40.9 Å². The van der Waals surface area contributed by atoms with Crippen molar-refractivity contribution in [2.75, 3.05) is 12.9 Å². The molecule has 0 aliphatic rings. The Kier molecular flexibility index (Phi) is 5.40. The van der Waals surface area contributed by atoms with E-state index in [-0.39, 0.29) is 11.4 Å². The van der Waals surface area contributed by atoms with Gasteiger partial charge in [-0.05, 0) is 24.3 Å². The van der Waals surface area contributed by atoms with Gasteiger partial charge in [0.2, 0.25) is 0 Å². The van der Waals surface area contributed by atoms with Crippen LogP contribution < -0.4 is 10.1 Å². The van der Waals surface area contributed by atoms with Crippen molar-refractivity contribution in [1.29, 1.82) is 0 Å². The number of rotatable bonds is 6. The average molecular weight is 338 g/mol. The molecule has 1 aromatic carbocycles. The molecular formula is C14H14N2O4S2. The van der Waals surface area contributed by atoms with Gasteiger partial charge >= 0.3 is 5.97 Å². The van der Waals surface area contributed by atoms with E-state index in [1.165, 1.54) is 11.3 Å². The zero-order chi connectivity index (χ0) is 16.1. The van der Waals surface area contributed by atoms with E-state index in [2.05, 4.69) is 22.9 Å². The van der Waals surface area contributed by atoms with Gasteiger partial charge in [0, 0.05) is 16.7 Å². The molecule has 8 heteroatoms. The molecule has 22 heavy (non-hydrogen) atoms. The van der Waals surface area contributed by atoms with Crippen LogP contribution in [-0.2, 0) is 4.79 Å². The molecule has 0 fully saturated rings. The Morgan fingerprint density at radius 3 is 2.64 bits per heavy atom. The van der Waals surface area contributed by atoms with Gasteiger partial charge < -0.3 is 15.2 Å². The number of aromatic nitrogens is 1. The summed E-state index contributed by atoms with van der Waals surface area (Å²) in [5.41, 5.74) is 1.04. The number of aliphatic carboxylic acids is 1. The van der Waals surface area contributed by atoms with E-state index < -0.39 is 17.9 Å². The quantitative estimate of drug-likeness (QED) is 0.701. The molecule has 0 saturated carbocycles. The largest absolute Gasteiger partial charge is 0.497 e. The highest BCUT2D eigenvalue weighted by molar-refractivity contribution is 7.80. The van der Waals surface area contributed by atoms with Crippen LogP contribution in [0.15, 0.2) is 29.6 Å². The summed E-state index contributed by atoms with van der Waals surface area (Å²) in [5, 5.41) is 13.5. The van der Waals surface area contributed by atoms with Crippen molar-refractivity contribution >= 4 is 35.8 Å². The number of carboxylic acids is 1. The van der Waals surface area contributed by atoms with Gasteiger partial charge in [0.15, 0.2) is 0 Å². The first-order valence-corrected chi connectivity index (χ1v) is 7.81. The van der Waals surface area contributed by atoms with Crippen molar-refractivity contribution < 1.29 is 19.4 Å². The number of methoxy groups -OCH3 is 1. The van der Waals surface area contributed by atoms with Crippen molar-refractivity contribution in [1.82, 2.24) is 10.3 Å². The fourth-order valence-corrected chi connectivity index (χ4v) is 2.72. The molecule has 1 aromatic heterocycles. The molecule has 2 rings (SSSR count). The lowest BCUT2D eigenvalue weighted by Crippen LogP contribution is -2.42. The zero-order valence-electron chi connectivity index (χ0n) is 11.6. The van der Waals surface area contributed by atoms with Crippen LogP contribution in [0.4, 0.5) is 0 Å². The standard InChI is InChI=1S/C14H14N2O4S2/c1-20-9-4-2-8(3-5-9)13-16-11(7-22-13)12(17)15-10(6-21)14(18)19/h2-5,7,10,21H,6H2,1H3,(H,15,17)(H,18,19). The van der Waals surface area contributed by atoms with Crippen LogP contribution in [0.5, 0.6) is 5.75 Å². The number of hydrogen-bond acceptors (Lipinski definition) is 6. The average Bonchev–Trinajstić information content (AvgIpc) is 3.02. The highest BCUT2D eigenvalue weighted by atomic mass is 32.1. The van der Waals surface area contributed by atoms with E-state index in [4.69, 9.17) is 9.84 Å². The topological polar surface area (TPSA) is 88.5 Å². The Hall–Kier alpha value is -2.06. The maximum atomic E-state index is 12.0. The van der Waals surface area contributed by atoms with Gasteiger partial charge in [0.25, 0.3) is 5.91 Å². The molecule has 1 atom stereocenters. The molecule has 1 unspecified atom stereocenters. The van der Waals surface area contributed by atoms with E-state index >= 15 is 0 Å². The molecule has 0 bridgehead atoms. The highest BCUT2D eigenvalue weighted by Crippen LogP contribution is 2.25. The summed E-state index contributed by atoms with van der Waals surface area (Å²) >= 11 is 5.21. The summed E-state index contributed by atoms with van der Waals surface area (Å²) in [6, 6.07) is 6.25. The van der Waals surface area contributed by atoms with Crippen LogP contribution in [0.2, 0.25) is 0 Å². The molecular weight excluding hydrogens is 324 g/mol. The molecule has 116 valence electrons. The molecule has 0 radical (unpaired) electrons. The first-order valence-electron chi connectivity index (χ1n) is 6.29. The first kappa shape index (κ1) is 16.3. The number of carboxylic acid groups (broad SMARTS) is 1. The number of nitrogens with one attached hydrogen (secondary N) is 1. The SMILES string of the molecule is COc1ccc(-c2nc(C(=O)NC(CS)C(=O)O)cs2)cc1. The Morgan fingerprint density at radius 1 is 1.41 bits per heavy atom. The van der Waals surface area contributed by atoms with E-state index in [1.54, 1.807) is 24.6 Å². The lowest BCUT2D eigenvalue weighted by Gasteiger charge is -2.10. The lowest BCUT2D eigenvalue weighted by atomic mass is 10.2.